The summed E-state index contributed by atoms with van der Waals surface area (Å²) in [4.78, 5) is 2.40. The average Bonchev–Trinajstić information content (AvgIpc) is 3.81. The van der Waals surface area contributed by atoms with Crippen LogP contribution in [0.2, 0.25) is 0 Å². The number of nitrogens with zero attached hydrogens (tertiary/aromatic N) is 2. The summed E-state index contributed by atoms with van der Waals surface area (Å²) in [6.45, 7) is 0. The minimum atomic E-state index is 1.08. The predicted molar refractivity (Wildman–Crippen MR) is 307 cm³/mol. The number of para-hydroxylation sites is 1. The number of hydrogen-bond donors (Lipinski definition) is 0. The Morgan fingerprint density at radius 1 is 0.236 bits per heavy atom. The van der Waals surface area contributed by atoms with Gasteiger partial charge in [0.1, 0.15) is 0 Å². The normalized spacial score (nSPS) is 11.6. The van der Waals surface area contributed by atoms with Crippen LogP contribution < -0.4 is 4.90 Å². The minimum absolute atomic E-state index is 1.08. The van der Waals surface area contributed by atoms with Crippen molar-refractivity contribution in [1.82, 2.24) is 4.57 Å². The molecule has 0 radical (unpaired) electrons. The Bertz CT molecular complexity index is 4350. The molecular weight excluding hydrogens is 869 g/mol. The van der Waals surface area contributed by atoms with E-state index in [4.69, 9.17) is 0 Å². The van der Waals surface area contributed by atoms with Crippen LogP contribution in [-0.4, -0.2) is 4.57 Å². The van der Waals surface area contributed by atoms with Gasteiger partial charge in [0.15, 0.2) is 0 Å². The summed E-state index contributed by atoms with van der Waals surface area (Å²) in [6.07, 6.45) is 0. The zero-order valence-corrected chi connectivity index (χ0v) is 39.5. The fourth-order valence-electron chi connectivity index (χ4n) is 11.4. The Balaban J connectivity index is 0.905. The fraction of sp³-hybridized carbons (Fsp3) is 0. The van der Waals surface area contributed by atoms with E-state index in [2.05, 4.69) is 289 Å². The molecule has 0 N–H and O–H groups in total. The van der Waals surface area contributed by atoms with Crippen LogP contribution in [0.5, 0.6) is 0 Å². The van der Waals surface area contributed by atoms with Crippen LogP contribution in [0, 0.1) is 0 Å². The van der Waals surface area contributed by atoms with Crippen molar-refractivity contribution in [3.8, 4) is 50.2 Å². The third-order valence-electron chi connectivity index (χ3n) is 14.8. The highest BCUT2D eigenvalue weighted by molar-refractivity contribution is 6.25. The molecule has 1 aromatic heterocycles. The minimum Gasteiger partial charge on any atom is -0.310 e. The smallest absolute Gasteiger partial charge is 0.0547 e. The number of fused-ring (bicyclic) bond motifs is 9. The molecule has 0 amide bonds. The second kappa shape index (κ2) is 17.2. The zero-order valence-electron chi connectivity index (χ0n) is 39.5. The maximum Gasteiger partial charge on any atom is 0.0547 e. The van der Waals surface area contributed by atoms with Gasteiger partial charge in [-0.15, -0.1) is 0 Å². The Hall–Kier alpha value is -9.50. The predicted octanol–water partition coefficient (Wildman–Crippen LogP) is 19.5. The number of anilines is 3. The molecule has 336 valence electrons. The first kappa shape index (κ1) is 41.5. The molecule has 14 rings (SSSR count). The topological polar surface area (TPSA) is 8.17 Å². The van der Waals surface area contributed by atoms with Gasteiger partial charge < -0.3 is 9.47 Å². The van der Waals surface area contributed by atoms with E-state index < -0.39 is 0 Å². The third-order valence-corrected chi connectivity index (χ3v) is 14.8. The second-order valence-corrected chi connectivity index (χ2v) is 18.8. The van der Waals surface area contributed by atoms with E-state index in [-0.39, 0.29) is 0 Å². The van der Waals surface area contributed by atoms with Crippen molar-refractivity contribution in [3.63, 3.8) is 0 Å². The Morgan fingerprint density at radius 3 is 1.50 bits per heavy atom. The summed E-state index contributed by atoms with van der Waals surface area (Å²) in [6, 6.07) is 102. The first-order valence-electron chi connectivity index (χ1n) is 24.8. The van der Waals surface area contributed by atoms with Crippen molar-refractivity contribution in [2.75, 3.05) is 4.90 Å². The highest BCUT2D eigenvalue weighted by Gasteiger charge is 2.21. The molecule has 0 fully saturated rings. The maximum atomic E-state index is 2.43. The maximum absolute atomic E-state index is 2.43. The SMILES string of the molecule is c1ccc(-n2c3cccc(-c4cccc(N(c5ccc(-c6ccc(-c7cccc8ccccc78)cc6)cc5)c5ccc(-c6cc7ccccc7c7ccccc67)cc5)c4)c3c3c4ccccc4ccc32)cc1. The van der Waals surface area contributed by atoms with Crippen LogP contribution in [0.3, 0.4) is 0 Å². The Morgan fingerprint density at radius 2 is 0.750 bits per heavy atom. The molecule has 0 aliphatic heterocycles. The number of aromatic nitrogens is 1. The van der Waals surface area contributed by atoms with E-state index in [0.29, 0.717) is 0 Å². The quantitative estimate of drug-likeness (QED) is 0.138. The molecular formula is C70H46N2. The molecule has 0 bridgehead atoms. The molecule has 14 aromatic rings. The molecule has 0 saturated heterocycles. The van der Waals surface area contributed by atoms with E-state index >= 15 is 0 Å². The molecule has 13 aromatic carbocycles. The van der Waals surface area contributed by atoms with E-state index in [9.17, 15) is 0 Å². The Labute approximate surface area is 418 Å². The average molecular weight is 915 g/mol. The molecule has 0 aliphatic carbocycles. The summed E-state index contributed by atoms with van der Waals surface area (Å²) in [5, 5.41) is 12.6. The standard InChI is InChI=1S/C70H46N2/c1-2-20-55(21-3-1)72-67-30-14-29-63(70(67)69-62-25-9-5-16-50(62)39-44-68(69)72)53-19-12-22-58(45-53)71(57-42-37-52(38-43-57)66-46-54-17-6-8-24-61(54)64-26-10-11-27-65(64)66)56-40-35-48(36-41-56)47-31-33-51(34-32-47)60-28-13-18-49-15-4-7-23-59(49)60/h1-46H. The van der Waals surface area contributed by atoms with Gasteiger partial charge in [0.05, 0.1) is 11.0 Å². The van der Waals surface area contributed by atoms with Gasteiger partial charge in [0, 0.05) is 33.5 Å². The summed E-state index contributed by atoms with van der Waals surface area (Å²) in [5.74, 6) is 0. The van der Waals surface area contributed by atoms with Crippen molar-refractivity contribution in [2.45, 2.75) is 0 Å². The molecule has 0 saturated carbocycles. The van der Waals surface area contributed by atoms with E-state index in [1.807, 2.05) is 0 Å². The van der Waals surface area contributed by atoms with Crippen LogP contribution >= 0.6 is 0 Å². The zero-order chi connectivity index (χ0) is 47.5. The number of benzene rings is 13. The number of hydrogen-bond acceptors (Lipinski definition) is 1. The van der Waals surface area contributed by atoms with Gasteiger partial charge in [0.2, 0.25) is 0 Å². The Kier molecular flexibility index (Phi) is 9.89. The summed E-state index contributed by atoms with van der Waals surface area (Å²) in [5.41, 5.74) is 16.4. The lowest BCUT2D eigenvalue weighted by Gasteiger charge is -2.26. The fourth-order valence-corrected chi connectivity index (χ4v) is 11.4. The van der Waals surface area contributed by atoms with E-state index in [1.54, 1.807) is 0 Å². The van der Waals surface area contributed by atoms with Gasteiger partial charge in [-0.05, 0) is 154 Å². The van der Waals surface area contributed by atoms with Gasteiger partial charge in [-0.3, -0.25) is 0 Å². The molecule has 0 unspecified atom stereocenters. The lowest BCUT2D eigenvalue weighted by atomic mass is 9.93. The molecule has 72 heavy (non-hydrogen) atoms. The van der Waals surface area contributed by atoms with E-state index in [1.165, 1.54) is 104 Å². The van der Waals surface area contributed by atoms with Gasteiger partial charge in [0.25, 0.3) is 0 Å². The monoisotopic (exact) mass is 914 g/mol. The highest BCUT2D eigenvalue weighted by Crippen LogP contribution is 2.45. The van der Waals surface area contributed by atoms with Crippen molar-refractivity contribution < 1.29 is 0 Å². The third kappa shape index (κ3) is 6.95. The van der Waals surface area contributed by atoms with Crippen molar-refractivity contribution >= 4 is 82.0 Å². The number of rotatable bonds is 8. The van der Waals surface area contributed by atoms with Gasteiger partial charge in [-0.1, -0.05) is 212 Å². The highest BCUT2D eigenvalue weighted by atomic mass is 15.1. The van der Waals surface area contributed by atoms with Crippen molar-refractivity contribution in [1.29, 1.82) is 0 Å². The lowest BCUT2D eigenvalue weighted by molar-refractivity contribution is 1.18. The van der Waals surface area contributed by atoms with E-state index in [0.717, 1.165) is 28.3 Å². The summed E-state index contributed by atoms with van der Waals surface area (Å²) in [7, 11) is 0. The van der Waals surface area contributed by atoms with Crippen LogP contribution in [0.15, 0.2) is 279 Å². The molecule has 0 aliphatic rings. The van der Waals surface area contributed by atoms with Crippen molar-refractivity contribution in [2.24, 2.45) is 0 Å². The molecule has 2 heteroatoms. The molecule has 2 nitrogen and oxygen atoms in total. The lowest BCUT2D eigenvalue weighted by Crippen LogP contribution is -2.10. The van der Waals surface area contributed by atoms with Crippen molar-refractivity contribution in [3.05, 3.63) is 279 Å². The summed E-state index contributed by atoms with van der Waals surface area (Å²) >= 11 is 0. The van der Waals surface area contributed by atoms with Crippen LogP contribution in [0.1, 0.15) is 0 Å². The van der Waals surface area contributed by atoms with Crippen LogP contribution in [-0.2, 0) is 0 Å². The summed E-state index contributed by atoms with van der Waals surface area (Å²) < 4.78 is 2.43. The molecule has 1 heterocycles. The largest absolute Gasteiger partial charge is 0.310 e. The van der Waals surface area contributed by atoms with Gasteiger partial charge >= 0.3 is 0 Å². The van der Waals surface area contributed by atoms with Crippen LogP contribution in [0.4, 0.5) is 17.1 Å². The van der Waals surface area contributed by atoms with Gasteiger partial charge in [-0.25, -0.2) is 0 Å². The van der Waals surface area contributed by atoms with Crippen LogP contribution in [0.25, 0.3) is 115 Å². The first-order chi connectivity index (χ1) is 35.7. The second-order valence-electron chi connectivity index (χ2n) is 18.8. The molecule has 0 spiro atoms. The van der Waals surface area contributed by atoms with Gasteiger partial charge in [-0.2, -0.15) is 0 Å². The molecule has 0 atom stereocenters. The first-order valence-corrected chi connectivity index (χ1v) is 24.8.